The van der Waals surface area contributed by atoms with E-state index in [1.165, 1.54) is 44.1 Å². The van der Waals surface area contributed by atoms with Crippen molar-refractivity contribution in [2.45, 2.75) is 78.2 Å². The van der Waals surface area contributed by atoms with Gasteiger partial charge in [0.25, 0.3) is 5.69 Å². The Hall–Kier alpha value is -1.42. The van der Waals surface area contributed by atoms with Crippen LogP contribution in [0.2, 0.25) is 0 Å². The summed E-state index contributed by atoms with van der Waals surface area (Å²) in [5.74, 6) is 0.812. The van der Waals surface area contributed by atoms with E-state index in [1.54, 1.807) is 12.1 Å². The van der Waals surface area contributed by atoms with Gasteiger partial charge in [-0.05, 0) is 43.7 Å². The van der Waals surface area contributed by atoms with Crippen molar-refractivity contribution in [3.05, 3.63) is 39.9 Å². The molecule has 0 aromatic heterocycles. The first-order valence-electron chi connectivity index (χ1n) is 9.49. The zero-order valence-electron chi connectivity index (χ0n) is 15.6. The lowest BCUT2D eigenvalue weighted by Gasteiger charge is -2.18. The molecule has 0 heterocycles. The minimum Gasteiger partial charge on any atom is -0.314 e. The van der Waals surface area contributed by atoms with E-state index < -0.39 is 0 Å². The minimum absolute atomic E-state index is 0.170. The highest BCUT2D eigenvalue weighted by Crippen LogP contribution is 2.15. The van der Waals surface area contributed by atoms with Crippen molar-refractivity contribution in [3.63, 3.8) is 0 Å². The van der Waals surface area contributed by atoms with Crippen LogP contribution in [-0.4, -0.2) is 17.5 Å². The van der Waals surface area contributed by atoms with E-state index in [1.807, 2.05) is 12.1 Å². The van der Waals surface area contributed by atoms with Gasteiger partial charge in [-0.2, -0.15) is 0 Å². The number of benzene rings is 1. The van der Waals surface area contributed by atoms with E-state index in [0.29, 0.717) is 6.04 Å². The summed E-state index contributed by atoms with van der Waals surface area (Å²) in [5.41, 5.74) is 1.35. The molecule has 0 aliphatic rings. The first-order valence-corrected chi connectivity index (χ1v) is 9.49. The molecule has 24 heavy (non-hydrogen) atoms. The fourth-order valence-corrected chi connectivity index (χ4v) is 2.98. The molecule has 0 saturated carbocycles. The van der Waals surface area contributed by atoms with E-state index in [9.17, 15) is 10.1 Å². The smallest absolute Gasteiger partial charge is 0.269 e. The molecule has 1 aromatic carbocycles. The summed E-state index contributed by atoms with van der Waals surface area (Å²) in [4.78, 5) is 10.3. The molecule has 0 radical (unpaired) electrons. The molecule has 1 aromatic rings. The number of nitrogens with one attached hydrogen (secondary N) is 1. The standard InChI is InChI=1S/C20H34N2O2/c1-4-8-19(21-16-7-5-6-9-17(2)3)13-10-18-11-14-20(15-12-18)22(23)24/h11-12,14-15,17,19,21H,4-10,13,16H2,1-3H3. The van der Waals surface area contributed by atoms with E-state index in [-0.39, 0.29) is 10.6 Å². The Bertz CT molecular complexity index is 457. The Kier molecular flexibility index (Phi) is 10.3. The van der Waals surface area contributed by atoms with Crippen molar-refractivity contribution in [2.75, 3.05) is 6.54 Å². The molecule has 0 saturated heterocycles. The lowest BCUT2D eigenvalue weighted by molar-refractivity contribution is -0.384. The number of nitrogens with zero attached hydrogens (tertiary/aromatic N) is 1. The Morgan fingerprint density at radius 3 is 2.33 bits per heavy atom. The molecular weight excluding hydrogens is 300 g/mol. The number of non-ortho nitro benzene ring substituents is 1. The number of unbranched alkanes of at least 4 members (excludes halogenated alkanes) is 2. The molecule has 136 valence electrons. The highest BCUT2D eigenvalue weighted by Gasteiger charge is 2.09. The molecule has 1 rings (SSSR count). The molecular formula is C20H34N2O2. The van der Waals surface area contributed by atoms with Gasteiger partial charge < -0.3 is 5.32 Å². The Morgan fingerprint density at radius 1 is 1.04 bits per heavy atom. The third kappa shape index (κ3) is 9.02. The predicted molar refractivity (Wildman–Crippen MR) is 101 cm³/mol. The van der Waals surface area contributed by atoms with Gasteiger partial charge in [-0.15, -0.1) is 0 Å². The summed E-state index contributed by atoms with van der Waals surface area (Å²) < 4.78 is 0. The van der Waals surface area contributed by atoms with E-state index in [4.69, 9.17) is 0 Å². The number of hydrogen-bond donors (Lipinski definition) is 1. The molecule has 0 aliphatic heterocycles. The Labute approximate surface area is 147 Å². The van der Waals surface area contributed by atoms with Crippen LogP contribution in [0.3, 0.4) is 0 Å². The van der Waals surface area contributed by atoms with Crippen LogP contribution in [0.25, 0.3) is 0 Å². The van der Waals surface area contributed by atoms with Gasteiger partial charge >= 0.3 is 0 Å². The van der Waals surface area contributed by atoms with Crippen LogP contribution >= 0.6 is 0 Å². The van der Waals surface area contributed by atoms with Crippen LogP contribution in [-0.2, 0) is 6.42 Å². The predicted octanol–water partition coefficient (Wildman–Crippen LogP) is 5.50. The molecule has 0 aliphatic carbocycles. The van der Waals surface area contributed by atoms with Crippen LogP contribution in [0.1, 0.15) is 71.3 Å². The molecule has 4 heteroatoms. The lowest BCUT2D eigenvalue weighted by atomic mass is 10.0. The van der Waals surface area contributed by atoms with Gasteiger partial charge in [0.1, 0.15) is 0 Å². The number of hydrogen-bond acceptors (Lipinski definition) is 3. The number of nitro benzene ring substituents is 1. The van der Waals surface area contributed by atoms with Gasteiger partial charge in [-0.25, -0.2) is 0 Å². The monoisotopic (exact) mass is 334 g/mol. The summed E-state index contributed by atoms with van der Waals surface area (Å²) in [5, 5.41) is 14.4. The van der Waals surface area contributed by atoms with Crippen molar-refractivity contribution in [1.29, 1.82) is 0 Å². The first kappa shape index (κ1) is 20.6. The third-order valence-electron chi connectivity index (χ3n) is 4.46. The van der Waals surface area contributed by atoms with E-state index in [2.05, 4.69) is 26.1 Å². The molecule has 4 nitrogen and oxygen atoms in total. The second-order valence-electron chi connectivity index (χ2n) is 7.15. The fraction of sp³-hybridized carbons (Fsp3) is 0.700. The average molecular weight is 335 g/mol. The summed E-state index contributed by atoms with van der Waals surface area (Å²) in [6, 6.07) is 7.52. The lowest BCUT2D eigenvalue weighted by Crippen LogP contribution is -2.30. The molecule has 0 amide bonds. The third-order valence-corrected chi connectivity index (χ3v) is 4.46. The summed E-state index contributed by atoms with van der Waals surface area (Å²) >= 11 is 0. The fourth-order valence-electron chi connectivity index (χ4n) is 2.98. The molecule has 0 bridgehead atoms. The summed E-state index contributed by atoms with van der Waals surface area (Å²) in [6.45, 7) is 7.90. The first-order chi connectivity index (χ1) is 11.5. The minimum atomic E-state index is -0.343. The maximum Gasteiger partial charge on any atom is 0.269 e. The Balaban J connectivity index is 2.28. The van der Waals surface area contributed by atoms with Crippen molar-refractivity contribution >= 4 is 5.69 Å². The van der Waals surface area contributed by atoms with Gasteiger partial charge in [0.2, 0.25) is 0 Å². The van der Waals surface area contributed by atoms with Crippen molar-refractivity contribution in [3.8, 4) is 0 Å². The molecule has 1 atom stereocenters. The number of rotatable bonds is 13. The van der Waals surface area contributed by atoms with Crippen LogP contribution in [0.15, 0.2) is 24.3 Å². The molecule has 1 unspecified atom stereocenters. The van der Waals surface area contributed by atoms with Crippen LogP contribution < -0.4 is 5.32 Å². The number of nitro groups is 1. The summed E-state index contributed by atoms with van der Waals surface area (Å²) in [7, 11) is 0. The van der Waals surface area contributed by atoms with Crippen LogP contribution in [0.4, 0.5) is 5.69 Å². The van der Waals surface area contributed by atoms with Gasteiger partial charge in [0.15, 0.2) is 0 Å². The maximum atomic E-state index is 10.7. The Morgan fingerprint density at radius 2 is 1.75 bits per heavy atom. The topological polar surface area (TPSA) is 55.2 Å². The second kappa shape index (κ2) is 12.0. The highest BCUT2D eigenvalue weighted by molar-refractivity contribution is 5.32. The van der Waals surface area contributed by atoms with Gasteiger partial charge in [0, 0.05) is 18.2 Å². The van der Waals surface area contributed by atoms with Gasteiger partial charge in [0.05, 0.1) is 4.92 Å². The normalized spacial score (nSPS) is 12.5. The SMILES string of the molecule is CCCC(CCc1ccc([N+](=O)[O-])cc1)NCCCCCC(C)C. The van der Waals surface area contributed by atoms with Crippen molar-refractivity contribution in [2.24, 2.45) is 5.92 Å². The summed E-state index contributed by atoms with van der Waals surface area (Å²) in [6.07, 6.45) is 9.68. The molecule has 0 spiro atoms. The van der Waals surface area contributed by atoms with Gasteiger partial charge in [-0.1, -0.05) is 58.6 Å². The molecule has 0 fully saturated rings. The van der Waals surface area contributed by atoms with Crippen molar-refractivity contribution < 1.29 is 4.92 Å². The van der Waals surface area contributed by atoms with E-state index >= 15 is 0 Å². The molecule has 1 N–H and O–H groups in total. The largest absolute Gasteiger partial charge is 0.314 e. The zero-order chi connectivity index (χ0) is 17.8. The van der Waals surface area contributed by atoms with E-state index in [0.717, 1.165) is 25.3 Å². The van der Waals surface area contributed by atoms with Crippen LogP contribution in [0.5, 0.6) is 0 Å². The van der Waals surface area contributed by atoms with Gasteiger partial charge in [-0.3, -0.25) is 10.1 Å². The number of aryl methyl sites for hydroxylation is 1. The maximum absolute atomic E-state index is 10.7. The zero-order valence-corrected chi connectivity index (χ0v) is 15.6. The highest BCUT2D eigenvalue weighted by atomic mass is 16.6. The second-order valence-corrected chi connectivity index (χ2v) is 7.15. The average Bonchev–Trinajstić information content (AvgIpc) is 2.55. The van der Waals surface area contributed by atoms with Crippen molar-refractivity contribution in [1.82, 2.24) is 5.32 Å². The van der Waals surface area contributed by atoms with Crippen LogP contribution in [0, 0.1) is 16.0 Å². The quantitative estimate of drug-likeness (QED) is 0.294.